The van der Waals surface area contributed by atoms with Crippen molar-refractivity contribution in [2.45, 2.75) is 25.9 Å². The Morgan fingerprint density at radius 1 is 0.907 bits per heavy atom. The molecule has 2 heterocycles. The van der Waals surface area contributed by atoms with E-state index in [1.54, 1.807) is 73.8 Å². The molecular weight excluding hydrogens is 612 g/mol. The molecule has 0 radical (unpaired) electrons. The number of fused-ring (bicyclic) bond motifs is 2. The number of ether oxygens (including phenoxy) is 2. The second kappa shape index (κ2) is 11.6. The van der Waals surface area contributed by atoms with Crippen LogP contribution in [0.4, 0.5) is 5.69 Å². The van der Waals surface area contributed by atoms with Crippen LogP contribution in [0.2, 0.25) is 0 Å². The van der Waals surface area contributed by atoms with Gasteiger partial charge < -0.3 is 9.47 Å². The van der Waals surface area contributed by atoms with E-state index in [2.05, 4.69) is 15.9 Å². The summed E-state index contributed by atoms with van der Waals surface area (Å²) in [5, 5.41) is 0.563. The molecule has 1 saturated heterocycles. The van der Waals surface area contributed by atoms with Gasteiger partial charge in [-0.1, -0.05) is 40.2 Å². The number of methoxy groups -OCH3 is 1. The molecule has 1 fully saturated rings. The number of benzene rings is 3. The van der Waals surface area contributed by atoms with Crippen molar-refractivity contribution in [2.24, 2.45) is 11.8 Å². The first kappa shape index (κ1) is 28.5. The van der Waals surface area contributed by atoms with Crippen LogP contribution in [0, 0.1) is 11.8 Å². The molecule has 2 amide bonds. The molecule has 0 spiro atoms. The molecule has 8 nitrogen and oxygen atoms in total. The maximum absolute atomic E-state index is 13.5. The van der Waals surface area contributed by atoms with Crippen LogP contribution in [-0.2, 0) is 14.3 Å². The first-order valence-corrected chi connectivity index (χ1v) is 14.7. The van der Waals surface area contributed by atoms with Crippen molar-refractivity contribution in [3.05, 3.63) is 101 Å². The standard InChI is InChI=1S/C34H27BrN2O6/c1-19(31(38)21-9-14-24(42-2)15-10-21)43-34(41)28-18-30(36-29-16-11-22(35)17-27(28)29)20-7-12-23(13-8-20)37-32(39)25-5-3-4-6-26(25)33(37)40/h3-4,7-19,25-26H,5-6H2,1-2H3/t19-,25-,26-/m0/s1. The maximum Gasteiger partial charge on any atom is 0.339 e. The number of amides is 2. The molecular formula is C34H27BrN2O6. The summed E-state index contributed by atoms with van der Waals surface area (Å²) in [6, 6.07) is 20.6. The van der Waals surface area contributed by atoms with Crippen LogP contribution >= 0.6 is 15.9 Å². The lowest BCUT2D eigenvalue weighted by Gasteiger charge is -2.16. The number of anilines is 1. The molecule has 0 saturated carbocycles. The number of hydrogen-bond donors (Lipinski definition) is 0. The highest BCUT2D eigenvalue weighted by atomic mass is 79.9. The summed E-state index contributed by atoms with van der Waals surface area (Å²) in [4.78, 5) is 58.6. The van der Waals surface area contributed by atoms with Crippen molar-refractivity contribution in [2.75, 3.05) is 12.0 Å². The third kappa shape index (κ3) is 5.36. The van der Waals surface area contributed by atoms with Crippen molar-refractivity contribution >= 4 is 56.1 Å². The average molecular weight is 640 g/mol. The summed E-state index contributed by atoms with van der Waals surface area (Å²) in [7, 11) is 1.54. The Bertz CT molecular complexity index is 1770. The molecule has 4 aromatic rings. The number of aromatic nitrogens is 1. The number of esters is 1. The van der Waals surface area contributed by atoms with E-state index in [1.807, 2.05) is 18.2 Å². The Morgan fingerprint density at radius 2 is 1.56 bits per heavy atom. The molecule has 3 atom stereocenters. The van der Waals surface area contributed by atoms with E-state index in [1.165, 1.54) is 11.8 Å². The van der Waals surface area contributed by atoms with Crippen molar-refractivity contribution < 1.29 is 28.7 Å². The van der Waals surface area contributed by atoms with E-state index in [0.29, 0.717) is 52.0 Å². The number of nitrogens with zero attached hydrogens (tertiary/aromatic N) is 2. The second-order valence-electron chi connectivity index (χ2n) is 10.6. The molecule has 1 aromatic heterocycles. The van der Waals surface area contributed by atoms with Gasteiger partial charge in [0.1, 0.15) is 5.75 Å². The SMILES string of the molecule is COc1ccc(C(=O)[C@H](C)OC(=O)c2cc(-c3ccc(N4C(=O)[C@H]5CC=CC[C@@H]5C4=O)cc3)nc3ccc(Br)cc23)cc1. The Hall–Kier alpha value is -4.63. The van der Waals surface area contributed by atoms with E-state index in [0.717, 1.165) is 4.47 Å². The smallest absolute Gasteiger partial charge is 0.339 e. The summed E-state index contributed by atoms with van der Waals surface area (Å²) in [6.07, 6.45) is 4.03. The van der Waals surface area contributed by atoms with E-state index in [4.69, 9.17) is 14.5 Å². The van der Waals surface area contributed by atoms with Crippen molar-refractivity contribution in [1.29, 1.82) is 0 Å². The molecule has 3 aromatic carbocycles. The van der Waals surface area contributed by atoms with Gasteiger partial charge in [0.25, 0.3) is 0 Å². The molecule has 216 valence electrons. The minimum atomic E-state index is -1.03. The normalized spacial score (nSPS) is 18.4. The summed E-state index contributed by atoms with van der Waals surface area (Å²) >= 11 is 3.46. The van der Waals surface area contributed by atoms with Gasteiger partial charge in [-0.15, -0.1) is 0 Å². The Morgan fingerprint density at radius 3 is 2.19 bits per heavy atom. The van der Waals surface area contributed by atoms with E-state index in [9.17, 15) is 19.2 Å². The highest BCUT2D eigenvalue weighted by Crippen LogP contribution is 2.38. The van der Waals surface area contributed by atoms with Crippen molar-refractivity contribution in [1.82, 2.24) is 4.98 Å². The van der Waals surface area contributed by atoms with Gasteiger partial charge in [-0.3, -0.25) is 19.3 Å². The molecule has 2 aliphatic rings. The minimum Gasteiger partial charge on any atom is -0.497 e. The largest absolute Gasteiger partial charge is 0.497 e. The fourth-order valence-corrected chi connectivity index (χ4v) is 5.98. The highest BCUT2D eigenvalue weighted by Gasteiger charge is 2.47. The molecule has 6 rings (SSSR count). The van der Waals surface area contributed by atoms with Crippen LogP contribution in [-0.4, -0.2) is 41.8 Å². The van der Waals surface area contributed by atoms with Gasteiger partial charge in [-0.05, 0) is 80.4 Å². The molecule has 43 heavy (non-hydrogen) atoms. The monoisotopic (exact) mass is 638 g/mol. The Labute approximate surface area is 256 Å². The Balaban J connectivity index is 1.29. The lowest BCUT2D eigenvalue weighted by Crippen LogP contribution is -2.30. The number of carbonyl (C=O) groups excluding carboxylic acids is 4. The van der Waals surface area contributed by atoms with Crippen LogP contribution in [0.5, 0.6) is 5.75 Å². The molecule has 0 bridgehead atoms. The summed E-state index contributed by atoms with van der Waals surface area (Å²) in [5.74, 6) is -1.37. The lowest BCUT2D eigenvalue weighted by atomic mass is 9.85. The van der Waals surface area contributed by atoms with Crippen molar-refractivity contribution in [3.63, 3.8) is 0 Å². The average Bonchev–Trinajstić information content (AvgIpc) is 3.29. The number of hydrogen-bond acceptors (Lipinski definition) is 7. The quantitative estimate of drug-likeness (QED) is 0.0978. The van der Waals surface area contributed by atoms with E-state index < -0.39 is 12.1 Å². The number of Topliss-reactive ketones (excluding diaryl/α,β-unsaturated/α-hetero) is 1. The molecule has 1 aliphatic heterocycles. The van der Waals surface area contributed by atoms with Crippen LogP contribution in [0.15, 0.2) is 89.4 Å². The van der Waals surface area contributed by atoms with Gasteiger partial charge >= 0.3 is 5.97 Å². The third-order valence-electron chi connectivity index (χ3n) is 7.95. The van der Waals surface area contributed by atoms with Gasteiger partial charge in [0.2, 0.25) is 17.6 Å². The number of carbonyl (C=O) groups is 4. The van der Waals surface area contributed by atoms with Crippen LogP contribution < -0.4 is 9.64 Å². The number of halogens is 1. The Kier molecular flexibility index (Phi) is 7.66. The van der Waals surface area contributed by atoms with Gasteiger partial charge in [0.15, 0.2) is 6.10 Å². The summed E-state index contributed by atoms with van der Waals surface area (Å²) in [5.41, 5.74) is 2.90. The number of pyridine rings is 1. The number of imide groups is 1. The second-order valence-corrected chi connectivity index (χ2v) is 11.5. The zero-order chi connectivity index (χ0) is 30.2. The first-order valence-electron chi connectivity index (χ1n) is 13.9. The van der Waals surface area contributed by atoms with Gasteiger partial charge in [0.05, 0.1) is 41.4 Å². The highest BCUT2D eigenvalue weighted by molar-refractivity contribution is 9.10. The van der Waals surface area contributed by atoms with Crippen molar-refractivity contribution in [3.8, 4) is 17.0 Å². The van der Waals surface area contributed by atoms with Gasteiger partial charge in [-0.25, -0.2) is 9.78 Å². The molecule has 0 N–H and O–H groups in total. The number of rotatable bonds is 7. The van der Waals surface area contributed by atoms with Crippen LogP contribution in [0.1, 0.15) is 40.5 Å². The number of allylic oxidation sites excluding steroid dienone is 2. The zero-order valence-electron chi connectivity index (χ0n) is 23.5. The van der Waals surface area contributed by atoms with E-state index >= 15 is 0 Å². The maximum atomic E-state index is 13.5. The predicted molar refractivity (Wildman–Crippen MR) is 165 cm³/mol. The molecule has 1 aliphatic carbocycles. The third-order valence-corrected chi connectivity index (χ3v) is 8.44. The molecule has 0 unspecified atom stereocenters. The van der Waals surface area contributed by atoms with Crippen LogP contribution in [0.25, 0.3) is 22.2 Å². The van der Waals surface area contributed by atoms with E-state index in [-0.39, 0.29) is 35.0 Å². The minimum absolute atomic E-state index is 0.176. The fourth-order valence-electron chi connectivity index (χ4n) is 5.62. The molecule has 9 heteroatoms. The zero-order valence-corrected chi connectivity index (χ0v) is 25.0. The first-order chi connectivity index (χ1) is 20.7. The van der Waals surface area contributed by atoms with Crippen LogP contribution in [0.3, 0.4) is 0 Å². The van der Waals surface area contributed by atoms with Gasteiger partial charge in [-0.2, -0.15) is 0 Å². The topological polar surface area (TPSA) is 103 Å². The predicted octanol–water partition coefficient (Wildman–Crippen LogP) is 6.56. The summed E-state index contributed by atoms with van der Waals surface area (Å²) < 4.78 is 11.6. The van der Waals surface area contributed by atoms with Gasteiger partial charge in [0, 0.05) is 21.0 Å². The fraction of sp³-hybridized carbons (Fsp3) is 0.206. The summed E-state index contributed by atoms with van der Waals surface area (Å²) in [6.45, 7) is 1.54. The number of ketones is 1. The lowest BCUT2D eigenvalue weighted by molar-refractivity contribution is -0.122.